The molecule has 1 heterocycles. The van der Waals surface area contributed by atoms with Crippen molar-refractivity contribution in [3.05, 3.63) is 95.8 Å². The van der Waals surface area contributed by atoms with E-state index in [0.29, 0.717) is 18.7 Å². The smallest absolute Gasteiger partial charge is 0.227 e. The molecule has 0 aliphatic carbocycles. The van der Waals surface area contributed by atoms with Crippen LogP contribution >= 0.6 is 0 Å². The number of carbonyl (C=O) groups excluding carboxylic acids is 2. The summed E-state index contributed by atoms with van der Waals surface area (Å²) in [6, 6.07) is 22.5. The highest BCUT2D eigenvalue weighted by Crippen LogP contribution is 2.40. The first-order chi connectivity index (χ1) is 15.6. The monoisotopic (exact) mass is 432 g/mol. The first-order valence-corrected chi connectivity index (χ1v) is 10.6. The number of benzene rings is 3. The van der Waals surface area contributed by atoms with Crippen molar-refractivity contribution in [2.75, 3.05) is 12.0 Å². The number of carbonyl (C=O) groups is 2. The fraction of sp³-hybridized carbons (Fsp3) is 0.231. The normalized spacial score (nSPS) is 18.3. The van der Waals surface area contributed by atoms with Crippen molar-refractivity contribution >= 4 is 17.5 Å². The maximum absolute atomic E-state index is 13.3. The van der Waals surface area contributed by atoms with E-state index in [9.17, 15) is 14.0 Å². The standard InChI is InChI=1S/C26H25FN2O3/c1-32-22-13-11-21(12-14-22)29-24(30)16-15-23(25(29)19-5-3-2-4-6-19)26(31)28-17-18-7-9-20(27)10-8-18/h2-14,23,25H,15-17H2,1H3,(H,28,31)/t23-,25+/m1/s1. The molecule has 2 amide bonds. The van der Waals surface area contributed by atoms with Gasteiger partial charge in [0.25, 0.3) is 0 Å². The molecule has 1 aliphatic heterocycles. The summed E-state index contributed by atoms with van der Waals surface area (Å²) in [4.78, 5) is 28.0. The Kier molecular flexibility index (Phi) is 6.50. The lowest BCUT2D eigenvalue weighted by molar-refractivity contribution is -0.129. The average Bonchev–Trinajstić information content (AvgIpc) is 2.84. The summed E-state index contributed by atoms with van der Waals surface area (Å²) in [7, 11) is 1.59. The molecule has 0 unspecified atom stereocenters. The molecular formula is C26H25FN2O3. The van der Waals surface area contributed by atoms with E-state index in [1.54, 1.807) is 24.1 Å². The number of nitrogens with one attached hydrogen (secondary N) is 1. The minimum atomic E-state index is -0.431. The molecular weight excluding hydrogens is 407 g/mol. The lowest BCUT2D eigenvalue weighted by Gasteiger charge is -2.41. The molecule has 1 N–H and O–H groups in total. The average molecular weight is 432 g/mol. The SMILES string of the molecule is COc1ccc(N2C(=O)CC[C@@H](C(=O)NCc3ccc(F)cc3)[C@@H]2c2ccccc2)cc1. The third-order valence-electron chi connectivity index (χ3n) is 5.81. The topological polar surface area (TPSA) is 58.6 Å². The van der Waals surface area contributed by atoms with Gasteiger partial charge in [-0.05, 0) is 53.9 Å². The van der Waals surface area contributed by atoms with Crippen LogP contribution in [-0.4, -0.2) is 18.9 Å². The number of methoxy groups -OCH3 is 1. The summed E-state index contributed by atoms with van der Waals surface area (Å²) in [5.41, 5.74) is 2.44. The molecule has 5 nitrogen and oxygen atoms in total. The van der Waals surface area contributed by atoms with E-state index < -0.39 is 12.0 Å². The number of hydrogen-bond donors (Lipinski definition) is 1. The molecule has 164 valence electrons. The molecule has 1 fully saturated rings. The van der Waals surface area contributed by atoms with Crippen molar-refractivity contribution in [2.45, 2.75) is 25.4 Å². The van der Waals surface area contributed by atoms with Crippen molar-refractivity contribution in [3.8, 4) is 5.75 Å². The van der Waals surface area contributed by atoms with E-state index in [4.69, 9.17) is 4.74 Å². The highest BCUT2D eigenvalue weighted by Gasteiger charge is 2.41. The van der Waals surface area contributed by atoms with Gasteiger partial charge in [-0.25, -0.2) is 4.39 Å². The Hall–Kier alpha value is -3.67. The van der Waals surface area contributed by atoms with Gasteiger partial charge in [0.05, 0.1) is 19.1 Å². The van der Waals surface area contributed by atoms with Gasteiger partial charge in [-0.15, -0.1) is 0 Å². The van der Waals surface area contributed by atoms with E-state index in [2.05, 4.69) is 5.32 Å². The van der Waals surface area contributed by atoms with E-state index in [-0.39, 0.29) is 24.1 Å². The summed E-state index contributed by atoms with van der Waals surface area (Å²) in [5.74, 6) is -0.188. The molecule has 4 rings (SSSR count). The van der Waals surface area contributed by atoms with Gasteiger partial charge in [0, 0.05) is 18.7 Å². The zero-order valence-corrected chi connectivity index (χ0v) is 17.8. The van der Waals surface area contributed by atoms with Crippen LogP contribution in [0, 0.1) is 11.7 Å². The minimum absolute atomic E-state index is 0.0217. The predicted octanol–water partition coefficient (Wildman–Crippen LogP) is 4.64. The number of hydrogen-bond acceptors (Lipinski definition) is 3. The largest absolute Gasteiger partial charge is 0.497 e. The number of ether oxygens (including phenoxy) is 1. The number of amides is 2. The maximum Gasteiger partial charge on any atom is 0.227 e. The van der Waals surface area contributed by atoms with Gasteiger partial charge in [-0.1, -0.05) is 42.5 Å². The molecule has 0 bridgehead atoms. The Morgan fingerprint density at radius 1 is 1.03 bits per heavy atom. The van der Waals surface area contributed by atoms with Gasteiger partial charge in [-0.2, -0.15) is 0 Å². The van der Waals surface area contributed by atoms with Gasteiger partial charge in [0.15, 0.2) is 0 Å². The predicted molar refractivity (Wildman–Crippen MR) is 121 cm³/mol. The third-order valence-corrected chi connectivity index (χ3v) is 5.81. The molecule has 0 spiro atoms. The second kappa shape index (κ2) is 9.64. The minimum Gasteiger partial charge on any atom is -0.497 e. The van der Waals surface area contributed by atoms with E-state index in [1.807, 2.05) is 54.6 Å². The van der Waals surface area contributed by atoms with Crippen LogP contribution in [0.15, 0.2) is 78.9 Å². The molecule has 3 aromatic rings. The van der Waals surface area contributed by atoms with Crippen LogP contribution in [0.25, 0.3) is 0 Å². The number of anilines is 1. The summed E-state index contributed by atoms with van der Waals surface area (Å²) < 4.78 is 18.4. The number of piperidine rings is 1. The Morgan fingerprint density at radius 2 is 1.72 bits per heavy atom. The highest BCUT2D eigenvalue weighted by atomic mass is 19.1. The molecule has 32 heavy (non-hydrogen) atoms. The summed E-state index contributed by atoms with van der Waals surface area (Å²) in [6.45, 7) is 0.299. The Morgan fingerprint density at radius 3 is 2.38 bits per heavy atom. The van der Waals surface area contributed by atoms with Gasteiger partial charge >= 0.3 is 0 Å². The zero-order chi connectivity index (χ0) is 22.5. The summed E-state index contributed by atoms with van der Waals surface area (Å²) in [5, 5.41) is 2.97. The van der Waals surface area contributed by atoms with E-state index >= 15 is 0 Å². The van der Waals surface area contributed by atoms with Crippen LogP contribution in [0.4, 0.5) is 10.1 Å². The lowest BCUT2D eigenvalue weighted by atomic mass is 9.83. The molecule has 0 aromatic heterocycles. The molecule has 6 heteroatoms. The fourth-order valence-corrected chi connectivity index (χ4v) is 4.17. The van der Waals surface area contributed by atoms with Crippen molar-refractivity contribution in [3.63, 3.8) is 0 Å². The van der Waals surface area contributed by atoms with Crippen LogP contribution in [0.3, 0.4) is 0 Å². The second-order valence-electron chi connectivity index (χ2n) is 7.81. The van der Waals surface area contributed by atoms with Crippen LogP contribution in [0.5, 0.6) is 5.75 Å². The van der Waals surface area contributed by atoms with Gasteiger partial charge in [0.1, 0.15) is 11.6 Å². The van der Waals surface area contributed by atoms with Crippen molar-refractivity contribution < 1.29 is 18.7 Å². The van der Waals surface area contributed by atoms with Crippen LogP contribution in [0.1, 0.15) is 30.0 Å². The van der Waals surface area contributed by atoms with Crippen molar-refractivity contribution in [2.24, 2.45) is 5.92 Å². The molecule has 2 atom stereocenters. The Labute approximate surface area is 186 Å². The first kappa shape index (κ1) is 21.6. The van der Waals surface area contributed by atoms with Crippen LogP contribution in [-0.2, 0) is 16.1 Å². The molecule has 0 saturated carbocycles. The van der Waals surface area contributed by atoms with Gasteiger partial charge < -0.3 is 15.0 Å². The van der Waals surface area contributed by atoms with Crippen LogP contribution in [0.2, 0.25) is 0 Å². The molecule has 1 saturated heterocycles. The first-order valence-electron chi connectivity index (χ1n) is 10.6. The maximum atomic E-state index is 13.3. The Bertz CT molecular complexity index is 1070. The third kappa shape index (κ3) is 4.64. The van der Waals surface area contributed by atoms with E-state index in [0.717, 1.165) is 16.8 Å². The van der Waals surface area contributed by atoms with Gasteiger partial charge in [-0.3, -0.25) is 9.59 Å². The van der Waals surface area contributed by atoms with Crippen LogP contribution < -0.4 is 15.0 Å². The summed E-state index contributed by atoms with van der Waals surface area (Å²) in [6.07, 6.45) is 0.740. The second-order valence-corrected chi connectivity index (χ2v) is 7.81. The fourth-order valence-electron chi connectivity index (χ4n) is 4.17. The number of rotatable bonds is 6. The zero-order valence-electron chi connectivity index (χ0n) is 17.8. The van der Waals surface area contributed by atoms with E-state index in [1.165, 1.54) is 12.1 Å². The summed E-state index contributed by atoms with van der Waals surface area (Å²) >= 11 is 0. The number of halogens is 1. The van der Waals surface area contributed by atoms with Crippen molar-refractivity contribution in [1.29, 1.82) is 0 Å². The van der Waals surface area contributed by atoms with Crippen molar-refractivity contribution in [1.82, 2.24) is 5.32 Å². The molecule has 3 aromatic carbocycles. The van der Waals surface area contributed by atoms with Gasteiger partial charge in [0.2, 0.25) is 11.8 Å². The molecule has 0 radical (unpaired) electrons. The highest BCUT2D eigenvalue weighted by molar-refractivity contribution is 5.97. The number of nitrogens with zero attached hydrogens (tertiary/aromatic N) is 1. The lowest BCUT2D eigenvalue weighted by Crippen LogP contribution is -2.48. The quantitative estimate of drug-likeness (QED) is 0.618. The molecule has 1 aliphatic rings. The Balaban J connectivity index is 1.63.